The lowest BCUT2D eigenvalue weighted by molar-refractivity contribution is -0.132. The van der Waals surface area contributed by atoms with Gasteiger partial charge in [-0.1, -0.05) is 13.8 Å². The van der Waals surface area contributed by atoms with Gasteiger partial charge in [0.25, 0.3) is 0 Å². The molecule has 15 heavy (non-hydrogen) atoms. The summed E-state index contributed by atoms with van der Waals surface area (Å²) in [5.41, 5.74) is 0. The highest BCUT2D eigenvalue weighted by atomic mass is 35.5. The van der Waals surface area contributed by atoms with Crippen LogP contribution in [0.3, 0.4) is 0 Å². The topological polar surface area (TPSA) is 23.6 Å². The molecule has 1 rings (SSSR count). The van der Waals surface area contributed by atoms with E-state index >= 15 is 0 Å². The first kappa shape index (κ1) is 12.8. The maximum Gasteiger partial charge on any atom is 0.240 e. The Morgan fingerprint density at radius 1 is 1.20 bits per heavy atom. The fourth-order valence-corrected chi connectivity index (χ4v) is 2.06. The molecule has 0 aliphatic carbocycles. The van der Waals surface area contributed by atoms with Gasteiger partial charge < -0.3 is 4.90 Å². The van der Waals surface area contributed by atoms with Gasteiger partial charge in [0.2, 0.25) is 5.91 Å². The molecule has 0 saturated carbocycles. The van der Waals surface area contributed by atoms with Gasteiger partial charge in [-0.25, -0.2) is 0 Å². The van der Waals surface area contributed by atoms with Crippen molar-refractivity contribution in [3.05, 3.63) is 0 Å². The highest BCUT2D eigenvalue weighted by molar-refractivity contribution is 6.30. The molecule has 1 heterocycles. The van der Waals surface area contributed by atoms with Crippen LogP contribution >= 0.6 is 11.6 Å². The molecule has 1 unspecified atom stereocenters. The molecule has 88 valence electrons. The first-order chi connectivity index (χ1) is 7.00. The van der Waals surface area contributed by atoms with Crippen LogP contribution in [0.1, 0.15) is 20.8 Å². The van der Waals surface area contributed by atoms with Crippen molar-refractivity contribution in [2.75, 3.05) is 32.7 Å². The van der Waals surface area contributed by atoms with Crippen molar-refractivity contribution in [1.82, 2.24) is 9.80 Å². The van der Waals surface area contributed by atoms with Gasteiger partial charge in [-0.05, 0) is 12.8 Å². The molecule has 1 aliphatic rings. The smallest absolute Gasteiger partial charge is 0.240 e. The van der Waals surface area contributed by atoms with Gasteiger partial charge in [0.05, 0.1) is 0 Å². The predicted molar refractivity (Wildman–Crippen MR) is 63.2 cm³/mol. The molecule has 0 N–H and O–H groups in total. The second-order valence-corrected chi connectivity index (χ2v) is 5.29. The quantitative estimate of drug-likeness (QED) is 0.688. The summed E-state index contributed by atoms with van der Waals surface area (Å²) in [5, 5.41) is -0.387. The summed E-state index contributed by atoms with van der Waals surface area (Å²) in [7, 11) is 0. The fourth-order valence-electron chi connectivity index (χ4n) is 1.92. The largest absolute Gasteiger partial charge is 0.339 e. The number of amides is 1. The SMILES string of the molecule is CC(C)CN1CCN(C(=O)C(C)Cl)CC1. The number of alkyl halides is 1. The van der Waals surface area contributed by atoms with Crippen molar-refractivity contribution in [3.8, 4) is 0 Å². The van der Waals surface area contributed by atoms with Gasteiger partial charge in [-0.2, -0.15) is 0 Å². The molecule has 0 aromatic carbocycles. The molecular formula is C11H21ClN2O. The average molecular weight is 233 g/mol. The Morgan fingerprint density at radius 2 is 1.73 bits per heavy atom. The Bertz CT molecular complexity index is 211. The average Bonchev–Trinajstić information content (AvgIpc) is 2.17. The molecule has 1 amide bonds. The summed E-state index contributed by atoms with van der Waals surface area (Å²) in [5.74, 6) is 0.764. The van der Waals surface area contributed by atoms with Crippen LogP contribution in [0, 0.1) is 5.92 Å². The van der Waals surface area contributed by atoms with Crippen molar-refractivity contribution in [3.63, 3.8) is 0 Å². The fraction of sp³-hybridized carbons (Fsp3) is 0.909. The Hall–Kier alpha value is -0.280. The van der Waals surface area contributed by atoms with E-state index < -0.39 is 0 Å². The number of carbonyl (C=O) groups excluding carboxylic acids is 1. The lowest BCUT2D eigenvalue weighted by atomic mass is 10.2. The number of carbonyl (C=O) groups is 1. The first-order valence-electron chi connectivity index (χ1n) is 5.66. The monoisotopic (exact) mass is 232 g/mol. The number of halogens is 1. The van der Waals surface area contributed by atoms with Gasteiger partial charge in [0.1, 0.15) is 5.38 Å². The number of piperazine rings is 1. The zero-order chi connectivity index (χ0) is 11.4. The maximum absolute atomic E-state index is 11.6. The summed E-state index contributed by atoms with van der Waals surface area (Å²) in [6.45, 7) is 10.9. The van der Waals surface area contributed by atoms with Crippen LogP contribution in [0.25, 0.3) is 0 Å². The minimum atomic E-state index is -0.387. The number of nitrogens with zero attached hydrogens (tertiary/aromatic N) is 2. The van der Waals surface area contributed by atoms with Crippen LogP contribution < -0.4 is 0 Å². The summed E-state index contributed by atoms with van der Waals surface area (Å²) in [6.07, 6.45) is 0. The van der Waals surface area contributed by atoms with E-state index in [1.54, 1.807) is 6.92 Å². The molecule has 0 bridgehead atoms. The van der Waals surface area contributed by atoms with E-state index in [0.717, 1.165) is 32.7 Å². The van der Waals surface area contributed by atoms with Crippen LogP contribution in [-0.4, -0.2) is 53.8 Å². The Kier molecular flexibility index (Phi) is 4.87. The third-order valence-electron chi connectivity index (χ3n) is 2.65. The molecule has 0 aromatic heterocycles. The Morgan fingerprint density at radius 3 is 2.13 bits per heavy atom. The molecule has 1 saturated heterocycles. The van der Waals surface area contributed by atoms with Crippen molar-refractivity contribution in [1.29, 1.82) is 0 Å². The molecule has 0 spiro atoms. The van der Waals surface area contributed by atoms with E-state index in [4.69, 9.17) is 11.6 Å². The molecule has 1 aliphatic heterocycles. The lowest BCUT2D eigenvalue weighted by Crippen LogP contribution is -2.50. The molecule has 3 nitrogen and oxygen atoms in total. The highest BCUT2D eigenvalue weighted by Gasteiger charge is 2.23. The summed E-state index contributed by atoms with van der Waals surface area (Å²) in [4.78, 5) is 15.9. The minimum Gasteiger partial charge on any atom is -0.339 e. The van der Waals surface area contributed by atoms with Crippen molar-refractivity contribution >= 4 is 17.5 Å². The van der Waals surface area contributed by atoms with E-state index in [1.807, 2.05) is 4.90 Å². The van der Waals surface area contributed by atoms with Gasteiger partial charge in [0.15, 0.2) is 0 Å². The van der Waals surface area contributed by atoms with Crippen molar-refractivity contribution < 1.29 is 4.79 Å². The number of rotatable bonds is 3. The second-order valence-electron chi connectivity index (χ2n) is 4.64. The zero-order valence-corrected chi connectivity index (χ0v) is 10.6. The van der Waals surface area contributed by atoms with Gasteiger partial charge >= 0.3 is 0 Å². The normalized spacial score (nSPS) is 20.7. The van der Waals surface area contributed by atoms with E-state index in [1.165, 1.54) is 0 Å². The van der Waals surface area contributed by atoms with Crippen LogP contribution in [0.4, 0.5) is 0 Å². The van der Waals surface area contributed by atoms with Crippen molar-refractivity contribution in [2.24, 2.45) is 5.92 Å². The highest BCUT2D eigenvalue weighted by Crippen LogP contribution is 2.08. The molecule has 4 heteroatoms. The van der Waals surface area contributed by atoms with E-state index in [-0.39, 0.29) is 11.3 Å². The minimum absolute atomic E-state index is 0.0702. The second kappa shape index (κ2) is 5.71. The lowest BCUT2D eigenvalue weighted by Gasteiger charge is -2.36. The van der Waals surface area contributed by atoms with Crippen LogP contribution in [0.2, 0.25) is 0 Å². The standard InChI is InChI=1S/C11H21ClN2O/c1-9(2)8-13-4-6-14(7-5-13)11(15)10(3)12/h9-10H,4-8H2,1-3H3. The predicted octanol–water partition coefficient (Wildman–Crippen LogP) is 1.41. The molecule has 1 fully saturated rings. The Balaban J connectivity index is 2.32. The molecular weight excluding hydrogens is 212 g/mol. The number of hydrogen-bond donors (Lipinski definition) is 0. The molecule has 0 radical (unpaired) electrons. The first-order valence-corrected chi connectivity index (χ1v) is 6.09. The summed E-state index contributed by atoms with van der Waals surface area (Å²) in [6, 6.07) is 0. The van der Waals surface area contributed by atoms with Gasteiger partial charge in [-0.3, -0.25) is 9.69 Å². The van der Waals surface area contributed by atoms with Crippen LogP contribution in [0.5, 0.6) is 0 Å². The third-order valence-corrected chi connectivity index (χ3v) is 2.83. The Labute approximate surface area is 97.4 Å². The number of hydrogen-bond acceptors (Lipinski definition) is 2. The van der Waals surface area contributed by atoms with Crippen LogP contribution in [-0.2, 0) is 4.79 Å². The van der Waals surface area contributed by atoms with Gasteiger partial charge in [-0.15, -0.1) is 11.6 Å². The van der Waals surface area contributed by atoms with Gasteiger partial charge in [0, 0.05) is 32.7 Å². The zero-order valence-electron chi connectivity index (χ0n) is 9.87. The summed E-state index contributed by atoms with van der Waals surface area (Å²) < 4.78 is 0. The van der Waals surface area contributed by atoms with Crippen LogP contribution in [0.15, 0.2) is 0 Å². The van der Waals surface area contributed by atoms with Crippen molar-refractivity contribution in [2.45, 2.75) is 26.1 Å². The molecule has 0 aromatic rings. The molecule has 1 atom stereocenters. The maximum atomic E-state index is 11.6. The van der Waals surface area contributed by atoms with E-state index in [9.17, 15) is 4.79 Å². The van der Waals surface area contributed by atoms with E-state index in [2.05, 4.69) is 18.7 Å². The third kappa shape index (κ3) is 3.99. The van der Waals surface area contributed by atoms with E-state index in [0.29, 0.717) is 5.92 Å². The summed E-state index contributed by atoms with van der Waals surface area (Å²) >= 11 is 5.78.